The van der Waals surface area contributed by atoms with E-state index in [9.17, 15) is 14.0 Å². The van der Waals surface area contributed by atoms with Crippen molar-refractivity contribution in [1.29, 1.82) is 0 Å². The second-order valence-corrected chi connectivity index (χ2v) is 5.63. The Kier molecular flexibility index (Phi) is 5.06. The summed E-state index contributed by atoms with van der Waals surface area (Å²) < 4.78 is 19.0. The van der Waals surface area contributed by atoms with E-state index in [0.29, 0.717) is 0 Å². The molecule has 20 heavy (non-hydrogen) atoms. The first-order valence-corrected chi connectivity index (χ1v) is 6.39. The minimum Gasteiger partial charge on any atom is -0.457 e. The lowest BCUT2D eigenvalue weighted by Crippen LogP contribution is -2.22. The highest BCUT2D eigenvalue weighted by Crippen LogP contribution is 2.24. The monoisotopic (exact) mass is 298 g/mol. The number of rotatable bonds is 3. The van der Waals surface area contributed by atoms with Crippen LogP contribution in [0.5, 0.6) is 0 Å². The molecule has 0 saturated heterocycles. The van der Waals surface area contributed by atoms with Gasteiger partial charge < -0.3 is 4.74 Å². The number of halogens is 2. The summed E-state index contributed by atoms with van der Waals surface area (Å²) in [6.07, 6.45) is 2.38. The largest absolute Gasteiger partial charge is 0.457 e. The molecule has 0 atom stereocenters. The average Bonchev–Trinajstić information content (AvgIpc) is 2.28. The standard InChI is InChI=1S/C15H16ClFO3/c1-9(18)11-7-5-10(14(17)13(11)16)6-8-12(19)20-15(2,3)4/h5-8H,1-4H3. The first-order valence-electron chi connectivity index (χ1n) is 6.02. The molecule has 3 nitrogen and oxygen atoms in total. The molecule has 1 rings (SSSR count). The van der Waals surface area contributed by atoms with Crippen molar-refractivity contribution in [2.24, 2.45) is 0 Å². The van der Waals surface area contributed by atoms with Gasteiger partial charge in [-0.15, -0.1) is 0 Å². The van der Waals surface area contributed by atoms with E-state index in [-0.39, 0.29) is 21.9 Å². The Hall–Kier alpha value is -1.68. The SMILES string of the molecule is CC(=O)c1ccc(C=CC(=O)OC(C)(C)C)c(F)c1Cl. The zero-order chi connectivity index (χ0) is 15.5. The summed E-state index contributed by atoms with van der Waals surface area (Å²) in [5.74, 6) is -1.64. The van der Waals surface area contributed by atoms with E-state index in [1.54, 1.807) is 20.8 Å². The number of benzene rings is 1. The minimum absolute atomic E-state index is 0.110. The fourth-order valence-corrected chi connectivity index (χ4v) is 1.76. The summed E-state index contributed by atoms with van der Waals surface area (Å²) in [6, 6.07) is 2.81. The molecule has 0 bridgehead atoms. The molecule has 1 aromatic rings. The third-order valence-corrected chi connectivity index (χ3v) is 2.67. The predicted molar refractivity (Wildman–Crippen MR) is 76.3 cm³/mol. The normalized spacial score (nSPS) is 11.7. The third-order valence-electron chi connectivity index (χ3n) is 2.30. The molecule has 0 aliphatic carbocycles. The minimum atomic E-state index is -0.737. The van der Waals surface area contributed by atoms with Crippen molar-refractivity contribution in [3.8, 4) is 0 Å². The van der Waals surface area contributed by atoms with Crippen LogP contribution < -0.4 is 0 Å². The molecule has 0 aliphatic rings. The number of esters is 1. The van der Waals surface area contributed by atoms with Crippen LogP contribution in [0.3, 0.4) is 0 Å². The quantitative estimate of drug-likeness (QED) is 0.480. The van der Waals surface area contributed by atoms with E-state index in [1.165, 1.54) is 25.1 Å². The van der Waals surface area contributed by atoms with Crippen LogP contribution in [0.4, 0.5) is 4.39 Å². The molecular weight excluding hydrogens is 283 g/mol. The van der Waals surface area contributed by atoms with Crippen molar-refractivity contribution in [3.63, 3.8) is 0 Å². The summed E-state index contributed by atoms with van der Waals surface area (Å²) in [4.78, 5) is 22.7. The van der Waals surface area contributed by atoms with E-state index < -0.39 is 17.4 Å². The smallest absolute Gasteiger partial charge is 0.331 e. The van der Waals surface area contributed by atoms with Crippen LogP contribution >= 0.6 is 11.6 Å². The number of hydrogen-bond donors (Lipinski definition) is 0. The fraction of sp³-hybridized carbons (Fsp3) is 0.333. The molecule has 0 N–H and O–H groups in total. The van der Waals surface area contributed by atoms with Crippen LogP contribution in [0.1, 0.15) is 43.6 Å². The van der Waals surface area contributed by atoms with Gasteiger partial charge in [-0.05, 0) is 39.8 Å². The van der Waals surface area contributed by atoms with Crippen LogP contribution in [0.15, 0.2) is 18.2 Å². The zero-order valence-electron chi connectivity index (χ0n) is 11.8. The fourth-order valence-electron chi connectivity index (χ4n) is 1.46. The summed E-state index contributed by atoms with van der Waals surface area (Å²) in [6.45, 7) is 6.50. The lowest BCUT2D eigenvalue weighted by Gasteiger charge is -2.17. The van der Waals surface area contributed by atoms with Crippen LogP contribution in [-0.2, 0) is 9.53 Å². The van der Waals surface area contributed by atoms with Gasteiger partial charge in [-0.3, -0.25) is 4.79 Å². The first-order chi connectivity index (χ1) is 9.11. The molecule has 0 unspecified atom stereocenters. The molecular formula is C15H16ClFO3. The van der Waals surface area contributed by atoms with Gasteiger partial charge >= 0.3 is 5.97 Å². The molecule has 0 aliphatic heterocycles. The number of Topliss-reactive ketones (excluding diaryl/α,β-unsaturated/α-hetero) is 1. The van der Waals surface area contributed by atoms with Crippen molar-refractivity contribution in [1.82, 2.24) is 0 Å². The van der Waals surface area contributed by atoms with Crippen molar-refractivity contribution >= 4 is 29.4 Å². The molecule has 0 spiro atoms. The summed E-state index contributed by atoms with van der Waals surface area (Å²) in [5, 5.41) is -0.246. The van der Waals surface area contributed by atoms with Gasteiger partial charge in [0.05, 0.1) is 5.02 Å². The van der Waals surface area contributed by atoms with Gasteiger partial charge in [0.2, 0.25) is 0 Å². The Balaban J connectivity index is 2.97. The van der Waals surface area contributed by atoms with Gasteiger partial charge in [0.15, 0.2) is 5.78 Å². The summed E-state index contributed by atoms with van der Waals surface area (Å²) in [7, 11) is 0. The molecule has 0 saturated carbocycles. The Bertz CT molecular complexity index is 571. The lowest BCUT2D eigenvalue weighted by molar-refractivity contribution is -0.148. The lowest BCUT2D eigenvalue weighted by atomic mass is 10.1. The predicted octanol–water partition coefficient (Wildman–Crippen LogP) is 4.04. The zero-order valence-corrected chi connectivity index (χ0v) is 12.5. The molecule has 0 radical (unpaired) electrons. The Labute approximate surface area is 122 Å². The van der Waals surface area contributed by atoms with Gasteiger partial charge in [0.25, 0.3) is 0 Å². The molecule has 0 amide bonds. The molecule has 1 aromatic carbocycles. The van der Waals surface area contributed by atoms with Crippen molar-refractivity contribution in [3.05, 3.63) is 40.2 Å². The number of ether oxygens (including phenoxy) is 1. The average molecular weight is 299 g/mol. The number of ketones is 1. The van der Waals surface area contributed by atoms with Gasteiger partial charge in [-0.25, -0.2) is 9.18 Å². The van der Waals surface area contributed by atoms with Crippen molar-refractivity contribution in [2.45, 2.75) is 33.3 Å². The molecule has 108 valence electrons. The molecule has 0 fully saturated rings. The highest BCUT2D eigenvalue weighted by Gasteiger charge is 2.15. The van der Waals surface area contributed by atoms with Gasteiger partial charge in [-0.1, -0.05) is 17.7 Å². The van der Waals surface area contributed by atoms with Crippen LogP contribution in [-0.4, -0.2) is 17.4 Å². The van der Waals surface area contributed by atoms with Crippen LogP contribution in [0.2, 0.25) is 5.02 Å². The Morgan fingerprint density at radius 1 is 1.30 bits per heavy atom. The highest BCUT2D eigenvalue weighted by atomic mass is 35.5. The maximum atomic E-state index is 13.9. The van der Waals surface area contributed by atoms with Crippen LogP contribution in [0, 0.1) is 5.82 Å². The Morgan fingerprint density at radius 3 is 2.40 bits per heavy atom. The second-order valence-electron chi connectivity index (χ2n) is 5.25. The van der Waals surface area contributed by atoms with E-state index in [0.717, 1.165) is 6.08 Å². The van der Waals surface area contributed by atoms with E-state index in [2.05, 4.69) is 0 Å². The van der Waals surface area contributed by atoms with Crippen molar-refractivity contribution in [2.75, 3.05) is 0 Å². The van der Waals surface area contributed by atoms with Gasteiger partial charge in [0, 0.05) is 17.2 Å². The molecule has 5 heteroatoms. The van der Waals surface area contributed by atoms with E-state index >= 15 is 0 Å². The number of carbonyl (C=O) groups is 2. The maximum Gasteiger partial charge on any atom is 0.331 e. The van der Waals surface area contributed by atoms with Crippen molar-refractivity contribution < 1.29 is 18.7 Å². The Morgan fingerprint density at radius 2 is 1.90 bits per heavy atom. The van der Waals surface area contributed by atoms with Gasteiger partial charge in [-0.2, -0.15) is 0 Å². The topological polar surface area (TPSA) is 43.4 Å². The molecule has 0 heterocycles. The second kappa shape index (κ2) is 6.18. The number of hydrogen-bond acceptors (Lipinski definition) is 3. The summed E-state index contributed by atoms with van der Waals surface area (Å²) in [5.41, 5.74) is -0.389. The summed E-state index contributed by atoms with van der Waals surface area (Å²) >= 11 is 5.77. The highest BCUT2D eigenvalue weighted by molar-refractivity contribution is 6.34. The molecule has 0 aromatic heterocycles. The van der Waals surface area contributed by atoms with Crippen LogP contribution in [0.25, 0.3) is 6.08 Å². The first kappa shape index (κ1) is 16.4. The third kappa shape index (κ3) is 4.46. The maximum absolute atomic E-state index is 13.9. The van der Waals surface area contributed by atoms with E-state index in [4.69, 9.17) is 16.3 Å². The number of carbonyl (C=O) groups excluding carboxylic acids is 2. The van der Waals surface area contributed by atoms with Gasteiger partial charge in [0.1, 0.15) is 11.4 Å². The van der Waals surface area contributed by atoms with E-state index in [1.807, 2.05) is 0 Å².